The van der Waals surface area contributed by atoms with Gasteiger partial charge in [-0.25, -0.2) is 4.79 Å². The zero-order valence-electron chi connectivity index (χ0n) is 15.5. The number of aromatic nitrogens is 1. The molecule has 1 saturated carbocycles. The van der Waals surface area contributed by atoms with Gasteiger partial charge in [0.25, 0.3) is 0 Å². The number of halogens is 1. The van der Waals surface area contributed by atoms with Crippen molar-refractivity contribution in [2.75, 3.05) is 0 Å². The van der Waals surface area contributed by atoms with Crippen molar-refractivity contribution in [2.45, 2.75) is 59.1 Å². The summed E-state index contributed by atoms with van der Waals surface area (Å²) in [5.74, 6) is 1.48. The largest absolute Gasteiger partial charge is 0.461 e. The zero-order valence-corrected chi connectivity index (χ0v) is 16.3. The molecule has 4 heteroatoms. The quantitative estimate of drug-likeness (QED) is 0.638. The number of carbonyl (C=O) groups is 1. The maximum Gasteiger partial charge on any atom is 0.329 e. The summed E-state index contributed by atoms with van der Waals surface area (Å²) in [5, 5.41) is 1.75. The van der Waals surface area contributed by atoms with Gasteiger partial charge in [-0.1, -0.05) is 38.8 Å². The van der Waals surface area contributed by atoms with E-state index in [2.05, 4.69) is 20.8 Å². The van der Waals surface area contributed by atoms with Crippen molar-refractivity contribution in [3.05, 3.63) is 35.5 Å². The third kappa shape index (κ3) is 3.87. The van der Waals surface area contributed by atoms with Gasteiger partial charge in [-0.3, -0.25) is 0 Å². The molecule has 0 saturated heterocycles. The van der Waals surface area contributed by atoms with Crippen LogP contribution in [0.15, 0.2) is 30.5 Å². The normalized spacial score (nSPS) is 25.3. The number of benzene rings is 1. The lowest BCUT2D eigenvalue weighted by Crippen LogP contribution is -2.37. The van der Waals surface area contributed by atoms with E-state index in [9.17, 15) is 4.79 Å². The van der Waals surface area contributed by atoms with Gasteiger partial charge in [0.2, 0.25) is 0 Å². The van der Waals surface area contributed by atoms with E-state index in [1.54, 1.807) is 0 Å². The summed E-state index contributed by atoms with van der Waals surface area (Å²) in [7, 11) is 0. The fraction of sp³-hybridized carbons (Fsp3) is 0.571. The Morgan fingerprint density at radius 3 is 2.72 bits per heavy atom. The van der Waals surface area contributed by atoms with Crippen LogP contribution in [0.2, 0.25) is 5.02 Å². The van der Waals surface area contributed by atoms with E-state index in [-0.39, 0.29) is 18.1 Å². The molecule has 2 aromatic rings. The molecule has 0 aliphatic heterocycles. The summed E-state index contributed by atoms with van der Waals surface area (Å²) in [6.45, 7) is 8.62. The monoisotopic (exact) mass is 361 g/mol. The van der Waals surface area contributed by atoms with Crippen molar-refractivity contribution in [3.8, 4) is 0 Å². The average molecular weight is 362 g/mol. The molecule has 1 heterocycles. The Hall–Kier alpha value is -1.48. The molecule has 1 aliphatic rings. The van der Waals surface area contributed by atoms with E-state index in [0.29, 0.717) is 22.8 Å². The first-order valence-corrected chi connectivity index (χ1v) is 9.71. The standard InChI is InChI=1S/C21H28ClNO2/c1-13(2)18-7-5-14(3)11-20(18)25-21(24)15(4)23-10-9-16-12-17(22)6-8-19(16)23/h6,8-10,12-15,18,20H,5,7,11H2,1-4H3. The molecule has 4 atom stereocenters. The van der Waals surface area contributed by atoms with Gasteiger partial charge >= 0.3 is 5.97 Å². The van der Waals surface area contributed by atoms with Gasteiger partial charge in [0, 0.05) is 22.1 Å². The van der Waals surface area contributed by atoms with Gasteiger partial charge in [-0.05, 0) is 61.8 Å². The molecule has 25 heavy (non-hydrogen) atoms. The van der Waals surface area contributed by atoms with Crippen molar-refractivity contribution in [3.63, 3.8) is 0 Å². The molecule has 3 rings (SSSR count). The minimum Gasteiger partial charge on any atom is -0.461 e. The second kappa shape index (κ2) is 7.41. The lowest BCUT2D eigenvalue weighted by molar-refractivity contribution is -0.159. The van der Waals surface area contributed by atoms with Crippen LogP contribution in [-0.4, -0.2) is 16.6 Å². The number of fused-ring (bicyclic) bond motifs is 1. The molecule has 1 aromatic heterocycles. The van der Waals surface area contributed by atoms with Crippen LogP contribution in [0.1, 0.15) is 53.0 Å². The van der Waals surface area contributed by atoms with Gasteiger partial charge in [-0.2, -0.15) is 0 Å². The fourth-order valence-corrected chi connectivity index (χ4v) is 4.26. The maximum atomic E-state index is 12.8. The molecular weight excluding hydrogens is 334 g/mol. The van der Waals surface area contributed by atoms with E-state index >= 15 is 0 Å². The summed E-state index contributed by atoms with van der Waals surface area (Å²) in [6, 6.07) is 7.38. The maximum absolute atomic E-state index is 12.8. The van der Waals surface area contributed by atoms with E-state index in [1.165, 1.54) is 6.42 Å². The van der Waals surface area contributed by atoms with Crippen LogP contribution in [0.25, 0.3) is 10.9 Å². The van der Waals surface area contributed by atoms with Crippen molar-refractivity contribution >= 4 is 28.5 Å². The lowest BCUT2D eigenvalue weighted by Gasteiger charge is -2.37. The highest BCUT2D eigenvalue weighted by Crippen LogP contribution is 2.36. The van der Waals surface area contributed by atoms with Crippen LogP contribution < -0.4 is 0 Å². The molecule has 1 aliphatic carbocycles. The highest BCUT2D eigenvalue weighted by atomic mass is 35.5. The summed E-state index contributed by atoms with van der Waals surface area (Å²) < 4.78 is 7.98. The Labute approximate surface area is 155 Å². The third-order valence-corrected chi connectivity index (χ3v) is 5.90. The van der Waals surface area contributed by atoms with Crippen LogP contribution in [0.4, 0.5) is 0 Å². The number of hydrogen-bond acceptors (Lipinski definition) is 2. The van der Waals surface area contributed by atoms with Crippen molar-refractivity contribution in [1.29, 1.82) is 0 Å². The highest BCUT2D eigenvalue weighted by molar-refractivity contribution is 6.31. The Bertz CT molecular complexity index is 751. The van der Waals surface area contributed by atoms with Gasteiger partial charge < -0.3 is 9.30 Å². The first-order valence-electron chi connectivity index (χ1n) is 9.33. The minimum atomic E-state index is -0.344. The highest BCUT2D eigenvalue weighted by Gasteiger charge is 2.34. The number of hydrogen-bond donors (Lipinski definition) is 0. The summed E-state index contributed by atoms with van der Waals surface area (Å²) in [4.78, 5) is 12.8. The van der Waals surface area contributed by atoms with Gasteiger partial charge in [-0.15, -0.1) is 0 Å². The zero-order chi connectivity index (χ0) is 18.1. The molecule has 0 N–H and O–H groups in total. The van der Waals surface area contributed by atoms with E-state index in [1.807, 2.05) is 42.0 Å². The molecule has 1 aromatic carbocycles. The smallest absolute Gasteiger partial charge is 0.329 e. The topological polar surface area (TPSA) is 31.2 Å². The Morgan fingerprint density at radius 1 is 1.24 bits per heavy atom. The summed E-state index contributed by atoms with van der Waals surface area (Å²) in [5.41, 5.74) is 1.01. The SMILES string of the molecule is CC1CCC(C(C)C)C(OC(=O)C(C)n2ccc3cc(Cl)ccc32)C1. The van der Waals surface area contributed by atoms with Crippen molar-refractivity contribution in [1.82, 2.24) is 4.57 Å². The molecule has 136 valence electrons. The molecule has 1 fully saturated rings. The van der Waals surface area contributed by atoms with Crippen LogP contribution in [0.3, 0.4) is 0 Å². The van der Waals surface area contributed by atoms with Crippen LogP contribution in [0.5, 0.6) is 0 Å². The molecule has 3 nitrogen and oxygen atoms in total. The molecule has 0 amide bonds. The minimum absolute atomic E-state index is 0.0370. The first-order chi connectivity index (χ1) is 11.9. The number of nitrogens with zero attached hydrogens (tertiary/aromatic N) is 1. The summed E-state index contributed by atoms with van der Waals surface area (Å²) >= 11 is 6.06. The third-order valence-electron chi connectivity index (χ3n) is 5.67. The van der Waals surface area contributed by atoms with Gasteiger partial charge in [0.05, 0.1) is 0 Å². The van der Waals surface area contributed by atoms with E-state index in [4.69, 9.17) is 16.3 Å². The Morgan fingerprint density at radius 2 is 2.00 bits per heavy atom. The summed E-state index contributed by atoms with van der Waals surface area (Å²) in [6.07, 6.45) is 5.33. The molecule has 4 unspecified atom stereocenters. The molecule has 0 spiro atoms. The van der Waals surface area contributed by atoms with Crippen LogP contribution in [0, 0.1) is 17.8 Å². The lowest BCUT2D eigenvalue weighted by atomic mass is 9.75. The fourth-order valence-electron chi connectivity index (χ4n) is 4.08. The Balaban J connectivity index is 1.77. The number of rotatable bonds is 4. The molecule has 0 radical (unpaired) electrons. The number of carbonyl (C=O) groups excluding carboxylic acids is 1. The second-order valence-electron chi connectivity index (χ2n) is 7.90. The number of esters is 1. The molecule has 0 bridgehead atoms. The van der Waals surface area contributed by atoms with E-state index in [0.717, 1.165) is 23.7 Å². The van der Waals surface area contributed by atoms with E-state index < -0.39 is 0 Å². The number of ether oxygens (including phenoxy) is 1. The Kier molecular flexibility index (Phi) is 5.43. The predicted octanol–water partition coefficient (Wildman–Crippen LogP) is 5.86. The second-order valence-corrected chi connectivity index (χ2v) is 8.34. The van der Waals surface area contributed by atoms with Crippen molar-refractivity contribution in [2.24, 2.45) is 17.8 Å². The average Bonchev–Trinajstić information content (AvgIpc) is 2.96. The van der Waals surface area contributed by atoms with Gasteiger partial charge in [0.15, 0.2) is 0 Å². The van der Waals surface area contributed by atoms with Gasteiger partial charge in [0.1, 0.15) is 12.1 Å². The first kappa shape index (κ1) is 18.3. The van der Waals surface area contributed by atoms with Crippen LogP contribution >= 0.6 is 11.6 Å². The molecular formula is C21H28ClNO2. The van der Waals surface area contributed by atoms with Crippen molar-refractivity contribution < 1.29 is 9.53 Å². The predicted molar refractivity (Wildman–Crippen MR) is 103 cm³/mol. The van der Waals surface area contributed by atoms with Crippen LogP contribution in [-0.2, 0) is 9.53 Å².